The highest BCUT2D eigenvalue weighted by Gasteiger charge is 2.12. The van der Waals surface area contributed by atoms with Crippen molar-refractivity contribution in [3.63, 3.8) is 0 Å². The fourth-order valence-electron chi connectivity index (χ4n) is 1.83. The molecule has 18 heavy (non-hydrogen) atoms. The maximum atomic E-state index is 5.92. The molecule has 1 aromatic heterocycles. The Morgan fingerprint density at radius 2 is 1.94 bits per heavy atom. The van der Waals surface area contributed by atoms with Crippen molar-refractivity contribution in [2.75, 3.05) is 0 Å². The summed E-state index contributed by atoms with van der Waals surface area (Å²) in [4.78, 5) is 4.43. The van der Waals surface area contributed by atoms with Crippen LogP contribution in [0.15, 0.2) is 23.6 Å². The molecular formula is C14H16ClNOS. The Bertz CT molecular complexity index is 518. The van der Waals surface area contributed by atoms with Crippen LogP contribution < -0.4 is 4.74 Å². The quantitative estimate of drug-likeness (QED) is 0.762. The number of nitrogens with zero attached hydrogens (tertiary/aromatic N) is 1. The third-order valence-corrected chi connectivity index (χ3v) is 3.89. The predicted molar refractivity (Wildman–Crippen MR) is 76.6 cm³/mol. The van der Waals surface area contributed by atoms with E-state index in [1.54, 1.807) is 11.3 Å². The molecule has 0 fully saturated rings. The van der Waals surface area contributed by atoms with Gasteiger partial charge in [-0.15, -0.1) is 22.9 Å². The van der Waals surface area contributed by atoms with Crippen LogP contribution in [-0.2, 0) is 5.88 Å². The molecular weight excluding hydrogens is 266 g/mol. The molecule has 4 heteroatoms. The van der Waals surface area contributed by atoms with Gasteiger partial charge in [0.2, 0.25) is 0 Å². The van der Waals surface area contributed by atoms with Crippen molar-refractivity contribution >= 4 is 22.9 Å². The average Bonchev–Trinajstić information content (AvgIpc) is 2.75. The van der Waals surface area contributed by atoms with E-state index >= 15 is 0 Å². The highest BCUT2D eigenvalue weighted by molar-refractivity contribution is 7.09. The molecule has 2 nitrogen and oxygen atoms in total. The van der Waals surface area contributed by atoms with Gasteiger partial charge in [-0.05, 0) is 44.0 Å². The summed E-state index contributed by atoms with van der Waals surface area (Å²) >= 11 is 7.34. The summed E-state index contributed by atoms with van der Waals surface area (Å²) in [6, 6.07) is 6.21. The number of aromatic nitrogens is 1. The van der Waals surface area contributed by atoms with Crippen molar-refractivity contribution < 1.29 is 4.74 Å². The Labute approximate surface area is 117 Å². The van der Waals surface area contributed by atoms with E-state index in [2.05, 4.69) is 24.9 Å². The van der Waals surface area contributed by atoms with E-state index in [4.69, 9.17) is 16.3 Å². The number of ether oxygens (including phenoxy) is 1. The zero-order valence-corrected chi connectivity index (χ0v) is 12.3. The van der Waals surface area contributed by atoms with Crippen LogP contribution in [0.5, 0.6) is 5.75 Å². The third-order valence-electron chi connectivity index (χ3n) is 2.56. The van der Waals surface area contributed by atoms with Crippen LogP contribution >= 0.6 is 22.9 Å². The Kier molecular flexibility index (Phi) is 4.25. The van der Waals surface area contributed by atoms with Gasteiger partial charge in [0.05, 0.1) is 11.6 Å². The highest BCUT2D eigenvalue weighted by atomic mass is 35.5. The number of benzene rings is 1. The molecule has 0 saturated carbocycles. The monoisotopic (exact) mass is 281 g/mol. The standard InChI is InChI=1S/C14H16ClNOS/c1-9-4-10(2)6-13(5-9)17-11(3)14-16-12(7-15)8-18-14/h4-6,8,11H,7H2,1-3H3. The molecule has 1 unspecified atom stereocenters. The van der Waals surface area contributed by atoms with Crippen LogP contribution in [0.2, 0.25) is 0 Å². The zero-order valence-electron chi connectivity index (χ0n) is 10.7. The van der Waals surface area contributed by atoms with Gasteiger partial charge in [0, 0.05) is 5.38 Å². The van der Waals surface area contributed by atoms with Crippen molar-refractivity contribution in [1.29, 1.82) is 0 Å². The third kappa shape index (κ3) is 3.24. The second-order valence-corrected chi connectivity index (χ2v) is 5.55. The van der Waals surface area contributed by atoms with Crippen LogP contribution in [0.25, 0.3) is 0 Å². The zero-order chi connectivity index (χ0) is 13.1. The number of hydrogen-bond donors (Lipinski definition) is 0. The van der Waals surface area contributed by atoms with Gasteiger partial charge in [-0.1, -0.05) is 6.07 Å². The molecule has 1 aromatic carbocycles. The second-order valence-electron chi connectivity index (χ2n) is 4.39. The van der Waals surface area contributed by atoms with E-state index in [1.165, 1.54) is 11.1 Å². The SMILES string of the molecule is Cc1cc(C)cc(OC(C)c2nc(CCl)cs2)c1. The van der Waals surface area contributed by atoms with Crippen molar-refractivity contribution in [1.82, 2.24) is 4.98 Å². The lowest BCUT2D eigenvalue weighted by molar-refractivity contribution is 0.226. The maximum Gasteiger partial charge on any atom is 0.147 e. The van der Waals surface area contributed by atoms with Gasteiger partial charge in [0.15, 0.2) is 0 Å². The molecule has 0 amide bonds. The van der Waals surface area contributed by atoms with Gasteiger partial charge < -0.3 is 4.74 Å². The minimum atomic E-state index is -0.0480. The van der Waals surface area contributed by atoms with Crippen LogP contribution in [0.3, 0.4) is 0 Å². The molecule has 1 heterocycles. The summed E-state index contributed by atoms with van der Waals surface area (Å²) in [5.41, 5.74) is 3.32. The fraction of sp³-hybridized carbons (Fsp3) is 0.357. The van der Waals surface area contributed by atoms with Gasteiger partial charge in [0.1, 0.15) is 16.9 Å². The molecule has 2 rings (SSSR count). The summed E-state index contributed by atoms with van der Waals surface area (Å²) in [5, 5.41) is 2.94. The normalized spacial score (nSPS) is 12.4. The summed E-state index contributed by atoms with van der Waals surface area (Å²) in [7, 11) is 0. The lowest BCUT2D eigenvalue weighted by Crippen LogP contribution is -2.03. The van der Waals surface area contributed by atoms with E-state index in [0.29, 0.717) is 5.88 Å². The molecule has 0 bridgehead atoms. The van der Waals surface area contributed by atoms with Gasteiger partial charge in [0.25, 0.3) is 0 Å². The molecule has 0 N–H and O–H groups in total. The molecule has 96 valence electrons. The molecule has 0 aliphatic heterocycles. The highest BCUT2D eigenvalue weighted by Crippen LogP contribution is 2.26. The lowest BCUT2D eigenvalue weighted by Gasteiger charge is -2.13. The molecule has 0 aliphatic carbocycles. The molecule has 0 radical (unpaired) electrons. The Morgan fingerprint density at radius 1 is 1.28 bits per heavy atom. The molecule has 1 atom stereocenters. The largest absolute Gasteiger partial charge is 0.484 e. The van der Waals surface area contributed by atoms with Crippen molar-refractivity contribution in [3.05, 3.63) is 45.4 Å². The summed E-state index contributed by atoms with van der Waals surface area (Å²) in [5.74, 6) is 1.34. The van der Waals surface area contributed by atoms with E-state index in [0.717, 1.165) is 16.5 Å². The fourth-order valence-corrected chi connectivity index (χ4v) is 2.86. The average molecular weight is 282 g/mol. The lowest BCUT2D eigenvalue weighted by atomic mass is 10.1. The number of thiazole rings is 1. The number of rotatable bonds is 4. The second kappa shape index (κ2) is 5.72. The maximum absolute atomic E-state index is 5.92. The molecule has 2 aromatic rings. The Balaban J connectivity index is 2.12. The smallest absolute Gasteiger partial charge is 0.147 e. The number of alkyl halides is 1. The molecule has 0 spiro atoms. The Hall–Kier alpha value is -1.06. The Morgan fingerprint density at radius 3 is 2.50 bits per heavy atom. The first kappa shape index (κ1) is 13.4. The van der Waals surface area contributed by atoms with Gasteiger partial charge in [-0.3, -0.25) is 0 Å². The number of aryl methyl sites for hydroxylation is 2. The van der Waals surface area contributed by atoms with E-state index in [9.17, 15) is 0 Å². The topological polar surface area (TPSA) is 22.1 Å². The van der Waals surface area contributed by atoms with Crippen LogP contribution in [-0.4, -0.2) is 4.98 Å². The predicted octanol–water partition coefficient (Wildman–Crippen LogP) is 4.64. The van der Waals surface area contributed by atoms with E-state index in [1.807, 2.05) is 24.4 Å². The molecule has 0 saturated heterocycles. The van der Waals surface area contributed by atoms with Crippen LogP contribution in [0, 0.1) is 13.8 Å². The first-order valence-electron chi connectivity index (χ1n) is 5.83. The van der Waals surface area contributed by atoms with Gasteiger partial charge in [-0.2, -0.15) is 0 Å². The minimum absolute atomic E-state index is 0.0480. The van der Waals surface area contributed by atoms with Crippen molar-refractivity contribution in [2.45, 2.75) is 32.8 Å². The summed E-state index contributed by atoms with van der Waals surface area (Å²) < 4.78 is 5.92. The van der Waals surface area contributed by atoms with Crippen LogP contribution in [0.1, 0.15) is 34.9 Å². The van der Waals surface area contributed by atoms with Crippen molar-refractivity contribution in [3.8, 4) is 5.75 Å². The van der Waals surface area contributed by atoms with E-state index < -0.39 is 0 Å². The summed E-state index contributed by atoms with van der Waals surface area (Å²) in [6.07, 6.45) is -0.0480. The number of halogens is 1. The molecule has 0 aliphatic rings. The van der Waals surface area contributed by atoms with Crippen LogP contribution in [0.4, 0.5) is 0 Å². The first-order valence-corrected chi connectivity index (χ1v) is 7.25. The van der Waals surface area contributed by atoms with Gasteiger partial charge in [-0.25, -0.2) is 4.98 Å². The number of hydrogen-bond acceptors (Lipinski definition) is 3. The first-order chi connectivity index (χ1) is 8.58. The minimum Gasteiger partial charge on any atom is -0.484 e. The van der Waals surface area contributed by atoms with Crippen molar-refractivity contribution in [2.24, 2.45) is 0 Å². The van der Waals surface area contributed by atoms with E-state index in [-0.39, 0.29) is 6.10 Å². The summed E-state index contributed by atoms with van der Waals surface area (Å²) in [6.45, 7) is 6.15. The van der Waals surface area contributed by atoms with Gasteiger partial charge >= 0.3 is 0 Å².